The molecule has 98 valence electrons. The van der Waals surface area contributed by atoms with E-state index in [0.29, 0.717) is 0 Å². The van der Waals surface area contributed by atoms with Gasteiger partial charge in [-0.2, -0.15) is 0 Å². The van der Waals surface area contributed by atoms with Gasteiger partial charge in [-0.05, 0) is 19.0 Å². The first kappa shape index (κ1) is 12.8. The number of nitrogens with one attached hydrogen (secondary N) is 1. The number of carbonyl (C=O) groups excluding carboxylic acids is 1. The molecule has 18 heavy (non-hydrogen) atoms. The molecule has 0 bridgehead atoms. The van der Waals surface area contributed by atoms with Gasteiger partial charge in [0, 0.05) is 32.4 Å². The standard InChI is InChI=1S/C13H19N3O2/c1-14-13(17)10-4-6-16(8-10)9-11-7-12(18-2)3-5-15-11/h3,5,7,10H,4,6,8-9H2,1-2H3,(H,14,17)/t10-/m1/s1. The van der Waals surface area contributed by atoms with Crippen molar-refractivity contribution in [3.8, 4) is 5.75 Å². The fraction of sp³-hybridized carbons (Fsp3) is 0.538. The average Bonchev–Trinajstić information content (AvgIpc) is 2.86. The summed E-state index contributed by atoms with van der Waals surface area (Å²) in [6.45, 7) is 2.51. The second-order valence-electron chi connectivity index (χ2n) is 4.52. The zero-order valence-corrected chi connectivity index (χ0v) is 10.8. The van der Waals surface area contributed by atoms with E-state index in [0.717, 1.165) is 37.5 Å². The Morgan fingerprint density at radius 2 is 2.50 bits per heavy atom. The smallest absolute Gasteiger partial charge is 0.224 e. The van der Waals surface area contributed by atoms with Gasteiger partial charge in [0.2, 0.25) is 5.91 Å². The number of hydrogen-bond acceptors (Lipinski definition) is 4. The van der Waals surface area contributed by atoms with Crippen LogP contribution in [0.5, 0.6) is 5.75 Å². The maximum Gasteiger partial charge on any atom is 0.224 e. The molecule has 5 heteroatoms. The third-order valence-electron chi connectivity index (χ3n) is 3.30. The maximum atomic E-state index is 11.5. The van der Waals surface area contributed by atoms with Crippen molar-refractivity contribution in [1.29, 1.82) is 0 Å². The third-order valence-corrected chi connectivity index (χ3v) is 3.30. The predicted molar refractivity (Wildman–Crippen MR) is 68.2 cm³/mol. The van der Waals surface area contributed by atoms with Crippen LogP contribution in [0, 0.1) is 5.92 Å². The summed E-state index contributed by atoms with van der Waals surface area (Å²) >= 11 is 0. The molecule has 0 unspecified atom stereocenters. The summed E-state index contributed by atoms with van der Waals surface area (Å²) in [7, 11) is 3.34. The molecule has 0 aliphatic carbocycles. The van der Waals surface area contributed by atoms with E-state index in [1.807, 2.05) is 12.1 Å². The summed E-state index contributed by atoms with van der Waals surface area (Å²) in [5, 5.41) is 2.71. The zero-order valence-electron chi connectivity index (χ0n) is 10.8. The van der Waals surface area contributed by atoms with Gasteiger partial charge < -0.3 is 10.1 Å². The molecule has 2 rings (SSSR count). The van der Waals surface area contributed by atoms with Gasteiger partial charge in [-0.1, -0.05) is 0 Å². The van der Waals surface area contributed by atoms with Crippen LogP contribution < -0.4 is 10.1 Å². The highest BCUT2D eigenvalue weighted by atomic mass is 16.5. The Hall–Kier alpha value is -1.62. The van der Waals surface area contributed by atoms with Gasteiger partial charge in [0.25, 0.3) is 0 Å². The van der Waals surface area contributed by atoms with E-state index in [9.17, 15) is 4.79 Å². The number of pyridine rings is 1. The van der Waals surface area contributed by atoms with E-state index < -0.39 is 0 Å². The molecule has 5 nitrogen and oxygen atoms in total. The fourth-order valence-electron chi connectivity index (χ4n) is 2.29. The Bertz CT molecular complexity index is 422. The van der Waals surface area contributed by atoms with Gasteiger partial charge in [0.15, 0.2) is 0 Å². The minimum atomic E-state index is 0.112. The van der Waals surface area contributed by atoms with Crippen molar-refractivity contribution in [2.75, 3.05) is 27.2 Å². The van der Waals surface area contributed by atoms with Crippen LogP contribution in [0.1, 0.15) is 12.1 Å². The van der Waals surface area contributed by atoms with Crippen LogP contribution in [-0.2, 0) is 11.3 Å². The van der Waals surface area contributed by atoms with Gasteiger partial charge in [-0.25, -0.2) is 0 Å². The highest BCUT2D eigenvalue weighted by molar-refractivity contribution is 5.78. The molecule has 0 spiro atoms. The Labute approximate surface area is 107 Å². The van der Waals surface area contributed by atoms with Crippen molar-refractivity contribution in [2.45, 2.75) is 13.0 Å². The average molecular weight is 249 g/mol. The molecule has 0 radical (unpaired) electrons. The SMILES string of the molecule is CNC(=O)[C@@H]1CCN(Cc2cc(OC)ccn2)C1. The highest BCUT2D eigenvalue weighted by Crippen LogP contribution is 2.19. The predicted octanol–water partition coefficient (Wildman–Crippen LogP) is 0.658. The van der Waals surface area contributed by atoms with E-state index in [2.05, 4.69) is 15.2 Å². The van der Waals surface area contributed by atoms with Crippen LogP contribution in [0.3, 0.4) is 0 Å². The minimum absolute atomic E-state index is 0.112. The highest BCUT2D eigenvalue weighted by Gasteiger charge is 2.27. The topological polar surface area (TPSA) is 54.5 Å². The third kappa shape index (κ3) is 2.98. The van der Waals surface area contributed by atoms with Crippen molar-refractivity contribution in [2.24, 2.45) is 5.92 Å². The van der Waals surface area contributed by atoms with Crippen LogP contribution in [0.4, 0.5) is 0 Å². The van der Waals surface area contributed by atoms with E-state index in [-0.39, 0.29) is 11.8 Å². The molecule has 1 saturated heterocycles. The Kier molecular flexibility index (Phi) is 4.15. The molecule has 0 aromatic carbocycles. The first-order valence-electron chi connectivity index (χ1n) is 6.16. The summed E-state index contributed by atoms with van der Waals surface area (Å²) < 4.78 is 5.17. The number of methoxy groups -OCH3 is 1. The van der Waals surface area contributed by atoms with E-state index in [4.69, 9.17) is 4.74 Å². The van der Waals surface area contributed by atoms with Gasteiger partial charge in [0.1, 0.15) is 5.75 Å². The Morgan fingerprint density at radius 3 is 3.22 bits per heavy atom. The molecule has 1 aromatic rings. The maximum absolute atomic E-state index is 11.5. The van der Waals surface area contributed by atoms with Crippen molar-refractivity contribution < 1.29 is 9.53 Å². The molecule has 1 aromatic heterocycles. The Balaban J connectivity index is 1.92. The van der Waals surface area contributed by atoms with Crippen LogP contribution in [0.2, 0.25) is 0 Å². The van der Waals surface area contributed by atoms with E-state index >= 15 is 0 Å². The molecule has 2 heterocycles. The number of carbonyl (C=O) groups is 1. The van der Waals surface area contributed by atoms with Gasteiger partial charge >= 0.3 is 0 Å². The number of nitrogens with zero attached hydrogens (tertiary/aromatic N) is 2. The number of amides is 1. The van der Waals surface area contributed by atoms with Crippen LogP contribution in [0.25, 0.3) is 0 Å². The van der Waals surface area contributed by atoms with Crippen molar-refractivity contribution >= 4 is 5.91 Å². The largest absolute Gasteiger partial charge is 0.497 e. The molecule has 1 aliphatic heterocycles. The first-order valence-corrected chi connectivity index (χ1v) is 6.16. The lowest BCUT2D eigenvalue weighted by Gasteiger charge is -2.15. The monoisotopic (exact) mass is 249 g/mol. The van der Waals surface area contributed by atoms with Gasteiger partial charge in [0.05, 0.1) is 18.7 Å². The normalized spacial score (nSPS) is 19.8. The number of rotatable bonds is 4. The summed E-state index contributed by atoms with van der Waals surface area (Å²) in [5.74, 6) is 1.07. The summed E-state index contributed by atoms with van der Waals surface area (Å²) in [6.07, 6.45) is 2.67. The molecule has 1 N–H and O–H groups in total. The molecule has 1 fully saturated rings. The first-order chi connectivity index (χ1) is 8.72. The van der Waals surface area contributed by atoms with Crippen LogP contribution in [-0.4, -0.2) is 43.0 Å². The van der Waals surface area contributed by atoms with E-state index in [1.54, 1.807) is 20.4 Å². The second-order valence-corrected chi connectivity index (χ2v) is 4.52. The van der Waals surface area contributed by atoms with E-state index in [1.165, 1.54) is 0 Å². The lowest BCUT2D eigenvalue weighted by molar-refractivity contribution is -0.124. The van der Waals surface area contributed by atoms with Crippen molar-refractivity contribution in [3.63, 3.8) is 0 Å². The van der Waals surface area contributed by atoms with Gasteiger partial charge in [-0.15, -0.1) is 0 Å². The summed E-state index contributed by atoms with van der Waals surface area (Å²) in [5.41, 5.74) is 0.979. The fourth-order valence-corrected chi connectivity index (χ4v) is 2.29. The lowest BCUT2D eigenvalue weighted by Crippen LogP contribution is -2.30. The van der Waals surface area contributed by atoms with Crippen LogP contribution >= 0.6 is 0 Å². The summed E-state index contributed by atoms with van der Waals surface area (Å²) in [6, 6.07) is 3.77. The molecule has 1 amide bonds. The van der Waals surface area contributed by atoms with Crippen molar-refractivity contribution in [1.82, 2.24) is 15.2 Å². The molecule has 0 saturated carbocycles. The van der Waals surface area contributed by atoms with Crippen molar-refractivity contribution in [3.05, 3.63) is 24.0 Å². The number of hydrogen-bond donors (Lipinski definition) is 1. The zero-order chi connectivity index (χ0) is 13.0. The van der Waals surface area contributed by atoms with Gasteiger partial charge in [-0.3, -0.25) is 14.7 Å². The summed E-state index contributed by atoms with van der Waals surface area (Å²) in [4.78, 5) is 18.1. The van der Waals surface area contributed by atoms with Crippen LogP contribution in [0.15, 0.2) is 18.3 Å². The Morgan fingerprint density at radius 1 is 1.67 bits per heavy atom. The lowest BCUT2D eigenvalue weighted by atomic mass is 10.1. The quantitative estimate of drug-likeness (QED) is 0.851. The molecule has 1 aliphatic rings. The number of aromatic nitrogens is 1. The molecule has 1 atom stereocenters. The number of likely N-dealkylation sites (tertiary alicyclic amines) is 1. The second kappa shape index (κ2) is 5.82. The number of ether oxygens (including phenoxy) is 1. The minimum Gasteiger partial charge on any atom is -0.497 e. The molecular weight excluding hydrogens is 230 g/mol. The molecular formula is C13H19N3O2.